The van der Waals surface area contributed by atoms with Gasteiger partial charge in [0, 0.05) is 6.42 Å². The van der Waals surface area contributed by atoms with Gasteiger partial charge in [-0.15, -0.1) is 0 Å². The smallest absolute Gasteiger partial charge is 0.122 e. The zero-order chi connectivity index (χ0) is 9.10. The molecule has 1 aromatic carbocycles. The molecule has 0 fully saturated rings. The summed E-state index contributed by atoms with van der Waals surface area (Å²) in [4.78, 5) is 0. The lowest BCUT2D eigenvalue weighted by Crippen LogP contribution is -1.86. The van der Waals surface area contributed by atoms with E-state index in [1.165, 1.54) is 30.4 Å². The number of unbranched alkanes of at least 4 members (excludes halogenated alkanes) is 1. The van der Waals surface area contributed by atoms with E-state index >= 15 is 0 Å². The average molecular weight is 176 g/mol. The molecule has 1 nitrogen and oxygen atoms in total. The first-order valence-electron chi connectivity index (χ1n) is 5.15. The van der Waals surface area contributed by atoms with Crippen LogP contribution in [0, 0.1) is 0 Å². The van der Waals surface area contributed by atoms with Crippen molar-refractivity contribution in [3.8, 4) is 5.75 Å². The van der Waals surface area contributed by atoms with E-state index in [0.717, 1.165) is 18.8 Å². The van der Waals surface area contributed by atoms with E-state index in [-0.39, 0.29) is 0 Å². The minimum atomic E-state index is 0.868. The van der Waals surface area contributed by atoms with Crippen molar-refractivity contribution in [1.29, 1.82) is 0 Å². The van der Waals surface area contributed by atoms with Crippen molar-refractivity contribution < 1.29 is 4.74 Å². The Balaban J connectivity index is 2.12. The van der Waals surface area contributed by atoms with E-state index in [4.69, 9.17) is 4.74 Å². The van der Waals surface area contributed by atoms with E-state index in [1.807, 2.05) is 0 Å². The second-order valence-corrected chi connectivity index (χ2v) is 3.64. The summed E-state index contributed by atoms with van der Waals surface area (Å²) < 4.78 is 5.46. The second-order valence-electron chi connectivity index (χ2n) is 3.64. The lowest BCUT2D eigenvalue weighted by atomic mass is 10.0. The number of aryl methyl sites for hydroxylation is 1. The lowest BCUT2D eigenvalue weighted by molar-refractivity contribution is 0.357. The normalized spacial score (nSPS) is 13.9. The Labute approximate surface area is 79.7 Å². The molecule has 13 heavy (non-hydrogen) atoms. The minimum absolute atomic E-state index is 0.868. The maximum absolute atomic E-state index is 5.46. The van der Waals surface area contributed by atoms with Gasteiger partial charge in [0.15, 0.2) is 0 Å². The fraction of sp³-hybridized carbons (Fsp3) is 0.500. The molecule has 1 heteroatoms. The summed E-state index contributed by atoms with van der Waals surface area (Å²) >= 11 is 0. The third kappa shape index (κ3) is 1.85. The molecule has 0 amide bonds. The molecular weight excluding hydrogens is 160 g/mol. The summed E-state index contributed by atoms with van der Waals surface area (Å²) in [6.07, 6.45) is 4.87. The highest BCUT2D eigenvalue weighted by Gasteiger charge is 2.11. The molecule has 0 saturated heterocycles. The van der Waals surface area contributed by atoms with Crippen molar-refractivity contribution in [3.05, 3.63) is 29.3 Å². The topological polar surface area (TPSA) is 9.23 Å². The summed E-state index contributed by atoms with van der Waals surface area (Å²) in [6.45, 7) is 3.10. The van der Waals surface area contributed by atoms with Gasteiger partial charge in [-0.05, 0) is 30.0 Å². The number of rotatable bonds is 3. The first-order chi connectivity index (χ1) is 6.40. The average Bonchev–Trinajstić information content (AvgIpc) is 2.61. The lowest BCUT2D eigenvalue weighted by Gasteiger charge is -2.02. The second kappa shape index (κ2) is 3.82. The zero-order valence-corrected chi connectivity index (χ0v) is 8.18. The molecule has 0 unspecified atom stereocenters. The monoisotopic (exact) mass is 176 g/mol. The largest absolute Gasteiger partial charge is 0.493 e. The van der Waals surface area contributed by atoms with Crippen LogP contribution in [0.25, 0.3) is 0 Å². The molecule has 0 aliphatic carbocycles. The van der Waals surface area contributed by atoms with E-state index in [2.05, 4.69) is 25.1 Å². The van der Waals surface area contributed by atoms with Gasteiger partial charge < -0.3 is 4.74 Å². The van der Waals surface area contributed by atoms with Gasteiger partial charge in [-0.3, -0.25) is 0 Å². The third-order valence-electron chi connectivity index (χ3n) is 2.57. The Morgan fingerprint density at radius 3 is 3.15 bits per heavy atom. The molecule has 0 spiro atoms. The van der Waals surface area contributed by atoms with Crippen LogP contribution in [0.15, 0.2) is 18.2 Å². The first kappa shape index (κ1) is 8.61. The molecule has 0 bridgehead atoms. The Morgan fingerprint density at radius 1 is 1.38 bits per heavy atom. The molecule has 0 N–H and O–H groups in total. The van der Waals surface area contributed by atoms with Crippen molar-refractivity contribution >= 4 is 0 Å². The number of benzene rings is 1. The van der Waals surface area contributed by atoms with Crippen LogP contribution in [0.1, 0.15) is 30.9 Å². The number of hydrogen-bond donors (Lipinski definition) is 0. The standard InChI is InChI=1S/C12H16O/c1-2-3-4-10-5-6-12-11(9-10)7-8-13-12/h5-6,9H,2-4,7-8H2,1H3. The molecular formula is C12H16O. The van der Waals surface area contributed by atoms with Crippen molar-refractivity contribution in [1.82, 2.24) is 0 Å². The first-order valence-corrected chi connectivity index (χ1v) is 5.15. The van der Waals surface area contributed by atoms with Gasteiger partial charge in [0.1, 0.15) is 5.75 Å². The summed E-state index contributed by atoms with van der Waals surface area (Å²) in [7, 11) is 0. The van der Waals surface area contributed by atoms with Crippen LogP contribution in [0.4, 0.5) is 0 Å². The van der Waals surface area contributed by atoms with Crippen LogP contribution in [-0.4, -0.2) is 6.61 Å². The number of hydrogen-bond acceptors (Lipinski definition) is 1. The van der Waals surface area contributed by atoms with Gasteiger partial charge in [0.2, 0.25) is 0 Å². The minimum Gasteiger partial charge on any atom is -0.493 e. The Morgan fingerprint density at radius 2 is 2.31 bits per heavy atom. The molecule has 1 aromatic rings. The van der Waals surface area contributed by atoms with Crippen LogP contribution < -0.4 is 4.74 Å². The third-order valence-corrected chi connectivity index (χ3v) is 2.57. The molecule has 70 valence electrons. The van der Waals surface area contributed by atoms with Crippen LogP contribution in [0.5, 0.6) is 5.75 Å². The summed E-state index contributed by atoms with van der Waals surface area (Å²) in [5.74, 6) is 1.10. The summed E-state index contributed by atoms with van der Waals surface area (Å²) in [6, 6.07) is 6.62. The molecule has 1 heterocycles. The van der Waals surface area contributed by atoms with Gasteiger partial charge in [0.05, 0.1) is 6.61 Å². The highest BCUT2D eigenvalue weighted by atomic mass is 16.5. The van der Waals surface area contributed by atoms with Crippen LogP contribution >= 0.6 is 0 Å². The fourth-order valence-electron chi connectivity index (χ4n) is 1.78. The van der Waals surface area contributed by atoms with Crippen molar-refractivity contribution in [3.63, 3.8) is 0 Å². The molecule has 0 saturated carbocycles. The van der Waals surface area contributed by atoms with Crippen LogP contribution in [-0.2, 0) is 12.8 Å². The summed E-state index contributed by atoms with van der Waals surface area (Å²) in [5.41, 5.74) is 2.86. The molecule has 2 rings (SSSR count). The zero-order valence-electron chi connectivity index (χ0n) is 8.18. The predicted molar refractivity (Wildman–Crippen MR) is 54.3 cm³/mol. The summed E-state index contributed by atoms with van der Waals surface area (Å²) in [5, 5.41) is 0. The van der Waals surface area contributed by atoms with Crippen molar-refractivity contribution in [2.24, 2.45) is 0 Å². The van der Waals surface area contributed by atoms with Crippen molar-refractivity contribution in [2.75, 3.05) is 6.61 Å². The van der Waals surface area contributed by atoms with Gasteiger partial charge in [-0.1, -0.05) is 25.5 Å². The van der Waals surface area contributed by atoms with E-state index < -0.39 is 0 Å². The Bertz CT molecular complexity index is 291. The highest BCUT2D eigenvalue weighted by Crippen LogP contribution is 2.26. The number of fused-ring (bicyclic) bond motifs is 1. The maximum atomic E-state index is 5.46. The molecule has 0 atom stereocenters. The molecule has 1 aliphatic rings. The van der Waals surface area contributed by atoms with Gasteiger partial charge in [0.25, 0.3) is 0 Å². The van der Waals surface area contributed by atoms with E-state index in [9.17, 15) is 0 Å². The quantitative estimate of drug-likeness (QED) is 0.688. The van der Waals surface area contributed by atoms with E-state index in [1.54, 1.807) is 0 Å². The predicted octanol–water partition coefficient (Wildman–Crippen LogP) is 2.96. The Kier molecular flexibility index (Phi) is 2.53. The van der Waals surface area contributed by atoms with Crippen LogP contribution in [0.3, 0.4) is 0 Å². The SMILES string of the molecule is CCCCc1ccc2c(c1)CCO2. The van der Waals surface area contributed by atoms with E-state index in [0.29, 0.717) is 0 Å². The van der Waals surface area contributed by atoms with Gasteiger partial charge in [-0.2, -0.15) is 0 Å². The molecule has 0 radical (unpaired) electrons. The molecule has 0 aromatic heterocycles. The highest BCUT2D eigenvalue weighted by molar-refractivity contribution is 5.39. The van der Waals surface area contributed by atoms with Crippen LogP contribution in [0.2, 0.25) is 0 Å². The number of ether oxygens (including phenoxy) is 1. The van der Waals surface area contributed by atoms with Gasteiger partial charge in [-0.25, -0.2) is 0 Å². The molecule has 1 aliphatic heterocycles. The van der Waals surface area contributed by atoms with Crippen molar-refractivity contribution in [2.45, 2.75) is 32.6 Å². The fourth-order valence-corrected chi connectivity index (χ4v) is 1.78. The van der Waals surface area contributed by atoms with Gasteiger partial charge >= 0.3 is 0 Å². The maximum Gasteiger partial charge on any atom is 0.122 e. The Hall–Kier alpha value is -0.980.